The molecule has 2 aromatic rings. The van der Waals surface area contributed by atoms with Crippen molar-refractivity contribution in [3.05, 3.63) is 35.5 Å². The average molecular weight is 230 g/mol. The van der Waals surface area contributed by atoms with Crippen molar-refractivity contribution in [1.82, 2.24) is 15.0 Å². The van der Waals surface area contributed by atoms with E-state index in [1.54, 1.807) is 0 Å². The molecule has 0 aliphatic heterocycles. The van der Waals surface area contributed by atoms with E-state index in [0.717, 1.165) is 17.8 Å². The van der Waals surface area contributed by atoms with E-state index in [4.69, 9.17) is 5.73 Å². The van der Waals surface area contributed by atoms with E-state index >= 15 is 0 Å². The summed E-state index contributed by atoms with van der Waals surface area (Å²) in [6.07, 6.45) is 0.824. The Labute approximate surface area is 101 Å². The molecule has 4 nitrogen and oxygen atoms in total. The van der Waals surface area contributed by atoms with Gasteiger partial charge in [-0.05, 0) is 30.0 Å². The van der Waals surface area contributed by atoms with Crippen LogP contribution < -0.4 is 5.73 Å². The van der Waals surface area contributed by atoms with Crippen LogP contribution in [0.1, 0.15) is 37.9 Å². The molecule has 0 amide bonds. The van der Waals surface area contributed by atoms with Crippen LogP contribution in [0.15, 0.2) is 24.3 Å². The largest absolute Gasteiger partial charge is 0.381 e. The van der Waals surface area contributed by atoms with Gasteiger partial charge in [0.05, 0.1) is 11.4 Å². The van der Waals surface area contributed by atoms with Gasteiger partial charge in [-0.3, -0.25) is 0 Å². The molecule has 0 saturated heterocycles. The van der Waals surface area contributed by atoms with Crippen LogP contribution in [-0.2, 0) is 6.42 Å². The van der Waals surface area contributed by atoms with Crippen LogP contribution in [0.4, 0.5) is 5.82 Å². The minimum atomic E-state index is 0.501. The number of benzene rings is 1. The number of nitrogens with two attached hydrogens (primary N) is 1. The van der Waals surface area contributed by atoms with Crippen molar-refractivity contribution in [2.45, 2.75) is 33.1 Å². The number of hydrogen-bond acceptors (Lipinski definition) is 3. The number of hydrogen-bond donors (Lipinski definition) is 1. The van der Waals surface area contributed by atoms with Crippen LogP contribution in [0.5, 0.6) is 0 Å². The first-order valence-electron chi connectivity index (χ1n) is 5.93. The molecule has 0 aliphatic rings. The molecule has 0 spiro atoms. The van der Waals surface area contributed by atoms with Gasteiger partial charge in [0.1, 0.15) is 0 Å². The Balaban J connectivity index is 2.49. The van der Waals surface area contributed by atoms with Crippen LogP contribution in [0.2, 0.25) is 0 Å². The summed E-state index contributed by atoms with van der Waals surface area (Å²) in [6, 6.07) is 8.33. The second-order valence-electron chi connectivity index (χ2n) is 4.44. The summed E-state index contributed by atoms with van der Waals surface area (Å²) in [6.45, 7) is 6.41. The average Bonchev–Trinajstić information content (AvgIpc) is 2.70. The molecule has 0 unspecified atom stereocenters. The lowest BCUT2D eigenvalue weighted by molar-refractivity contribution is 0.762. The van der Waals surface area contributed by atoms with E-state index in [1.165, 1.54) is 5.56 Å². The predicted octanol–water partition coefficient (Wildman–Crippen LogP) is 2.54. The van der Waals surface area contributed by atoms with Crippen molar-refractivity contribution in [2.75, 3.05) is 5.73 Å². The summed E-state index contributed by atoms with van der Waals surface area (Å²) in [7, 11) is 0. The zero-order valence-corrected chi connectivity index (χ0v) is 10.5. The zero-order chi connectivity index (χ0) is 12.4. The molecule has 4 heteroatoms. The molecule has 0 atom stereocenters. The van der Waals surface area contributed by atoms with Gasteiger partial charge in [-0.1, -0.05) is 38.1 Å². The van der Waals surface area contributed by atoms with E-state index < -0.39 is 0 Å². The number of rotatable bonds is 3. The molecule has 0 fully saturated rings. The van der Waals surface area contributed by atoms with Crippen molar-refractivity contribution >= 4 is 5.82 Å². The van der Waals surface area contributed by atoms with Crippen molar-refractivity contribution in [1.29, 1.82) is 0 Å². The van der Waals surface area contributed by atoms with Gasteiger partial charge in [0, 0.05) is 0 Å². The summed E-state index contributed by atoms with van der Waals surface area (Å²) in [4.78, 5) is 0. The monoisotopic (exact) mass is 230 g/mol. The first-order chi connectivity index (χ1) is 8.13. The van der Waals surface area contributed by atoms with Gasteiger partial charge >= 0.3 is 0 Å². The fraction of sp³-hybridized carbons (Fsp3) is 0.385. The Bertz CT molecular complexity index is 514. The van der Waals surface area contributed by atoms with Crippen molar-refractivity contribution in [2.24, 2.45) is 0 Å². The summed E-state index contributed by atoms with van der Waals surface area (Å²) in [5, 5.41) is 8.03. The van der Waals surface area contributed by atoms with Gasteiger partial charge < -0.3 is 5.73 Å². The minimum Gasteiger partial charge on any atom is -0.381 e. The minimum absolute atomic E-state index is 0.501. The van der Waals surface area contributed by atoms with Gasteiger partial charge in [0.15, 0.2) is 5.82 Å². The van der Waals surface area contributed by atoms with Crippen molar-refractivity contribution < 1.29 is 0 Å². The standard InChI is InChI=1S/C13H18N4/c1-4-12-13(14)15-16-17(12)11-7-5-6-10(8-11)9(2)3/h5-9H,4,14H2,1-3H3. The second-order valence-corrected chi connectivity index (χ2v) is 4.44. The fourth-order valence-corrected chi connectivity index (χ4v) is 1.87. The topological polar surface area (TPSA) is 56.7 Å². The molecule has 2 rings (SSSR count). The SMILES string of the molecule is CCc1c(N)nnn1-c1cccc(C(C)C)c1. The Morgan fingerprint density at radius 3 is 2.76 bits per heavy atom. The Kier molecular flexibility index (Phi) is 3.13. The van der Waals surface area contributed by atoms with Crippen LogP contribution in [-0.4, -0.2) is 15.0 Å². The van der Waals surface area contributed by atoms with E-state index in [9.17, 15) is 0 Å². The normalized spacial score (nSPS) is 11.1. The molecule has 1 aromatic heterocycles. The summed E-state index contributed by atoms with van der Waals surface area (Å²) >= 11 is 0. The third-order valence-electron chi connectivity index (χ3n) is 2.91. The number of nitrogen functional groups attached to an aromatic ring is 1. The van der Waals surface area contributed by atoms with E-state index in [1.807, 2.05) is 16.8 Å². The highest BCUT2D eigenvalue weighted by Crippen LogP contribution is 2.20. The quantitative estimate of drug-likeness (QED) is 0.881. The molecule has 1 aromatic carbocycles. The lowest BCUT2D eigenvalue weighted by atomic mass is 10.0. The maximum atomic E-state index is 5.79. The first kappa shape index (κ1) is 11.6. The number of aromatic nitrogens is 3. The second kappa shape index (κ2) is 4.57. The molecule has 2 N–H and O–H groups in total. The van der Waals surface area contributed by atoms with E-state index in [-0.39, 0.29) is 0 Å². The highest BCUT2D eigenvalue weighted by atomic mass is 15.4. The lowest BCUT2D eigenvalue weighted by Crippen LogP contribution is -2.03. The molecular weight excluding hydrogens is 212 g/mol. The van der Waals surface area contributed by atoms with Gasteiger partial charge in [-0.15, -0.1) is 5.10 Å². The molecule has 0 bridgehead atoms. The third kappa shape index (κ3) is 2.16. The number of anilines is 1. The summed E-state index contributed by atoms with van der Waals surface area (Å²) in [5.41, 5.74) is 9.07. The maximum absolute atomic E-state index is 5.79. The van der Waals surface area contributed by atoms with Crippen LogP contribution in [0.3, 0.4) is 0 Å². The maximum Gasteiger partial charge on any atom is 0.169 e. The Morgan fingerprint density at radius 2 is 2.12 bits per heavy atom. The highest BCUT2D eigenvalue weighted by molar-refractivity contribution is 5.42. The van der Waals surface area contributed by atoms with Gasteiger partial charge in [-0.2, -0.15) is 0 Å². The number of nitrogens with zero attached hydrogens (tertiary/aromatic N) is 3. The highest BCUT2D eigenvalue weighted by Gasteiger charge is 2.10. The molecule has 0 aliphatic carbocycles. The molecule has 0 radical (unpaired) electrons. The van der Waals surface area contributed by atoms with E-state index in [2.05, 4.69) is 43.2 Å². The fourth-order valence-electron chi connectivity index (χ4n) is 1.87. The first-order valence-corrected chi connectivity index (χ1v) is 5.93. The van der Waals surface area contributed by atoms with Crippen molar-refractivity contribution in [3.63, 3.8) is 0 Å². The summed E-state index contributed by atoms with van der Waals surface area (Å²) in [5.74, 6) is 1.02. The van der Waals surface area contributed by atoms with E-state index in [0.29, 0.717) is 11.7 Å². The van der Waals surface area contributed by atoms with Gasteiger partial charge in [-0.25, -0.2) is 4.68 Å². The molecule has 0 saturated carbocycles. The molecule has 90 valence electrons. The van der Waals surface area contributed by atoms with Crippen LogP contribution >= 0.6 is 0 Å². The Morgan fingerprint density at radius 1 is 1.35 bits per heavy atom. The molecular formula is C13H18N4. The molecule has 1 heterocycles. The van der Waals surface area contributed by atoms with Crippen LogP contribution in [0.25, 0.3) is 5.69 Å². The molecule has 17 heavy (non-hydrogen) atoms. The van der Waals surface area contributed by atoms with Crippen molar-refractivity contribution in [3.8, 4) is 5.69 Å². The van der Waals surface area contributed by atoms with Crippen LogP contribution in [0, 0.1) is 0 Å². The van der Waals surface area contributed by atoms with Gasteiger partial charge in [0.25, 0.3) is 0 Å². The summed E-state index contributed by atoms with van der Waals surface area (Å²) < 4.78 is 1.82. The predicted molar refractivity (Wildman–Crippen MR) is 69.2 cm³/mol. The lowest BCUT2D eigenvalue weighted by Gasteiger charge is -2.09. The smallest absolute Gasteiger partial charge is 0.169 e. The Hall–Kier alpha value is -1.84. The zero-order valence-electron chi connectivity index (χ0n) is 10.5. The third-order valence-corrected chi connectivity index (χ3v) is 2.91. The van der Waals surface area contributed by atoms with Gasteiger partial charge in [0.2, 0.25) is 0 Å².